The van der Waals surface area contributed by atoms with E-state index in [1.807, 2.05) is 18.2 Å². The van der Waals surface area contributed by atoms with Crippen LogP contribution in [0.5, 0.6) is 0 Å². The number of hydrogen-bond acceptors (Lipinski definition) is 3. The van der Waals surface area contributed by atoms with Crippen LogP contribution in [-0.2, 0) is 4.79 Å². The molecule has 0 saturated carbocycles. The van der Waals surface area contributed by atoms with Crippen LogP contribution in [0.15, 0.2) is 91.0 Å². The zero-order chi connectivity index (χ0) is 24.9. The fourth-order valence-corrected chi connectivity index (χ4v) is 6.51. The Morgan fingerprint density at radius 3 is 1.92 bits per heavy atom. The summed E-state index contributed by atoms with van der Waals surface area (Å²) in [7, 11) is 0. The molecule has 0 bridgehead atoms. The first-order valence-electron chi connectivity index (χ1n) is 13.3. The Hall–Kier alpha value is -4.05. The summed E-state index contributed by atoms with van der Waals surface area (Å²) in [5.41, 5.74) is 7.00. The van der Waals surface area contributed by atoms with Gasteiger partial charge in [0, 0.05) is 29.8 Å². The molecule has 3 aromatic carbocycles. The molecule has 2 aromatic heterocycles. The highest BCUT2D eigenvalue weighted by Crippen LogP contribution is 2.50. The molecule has 4 heteroatoms. The second-order valence-electron chi connectivity index (χ2n) is 10.5. The van der Waals surface area contributed by atoms with Crippen LogP contribution in [0.1, 0.15) is 48.3 Å². The van der Waals surface area contributed by atoms with Crippen LogP contribution < -0.4 is 0 Å². The van der Waals surface area contributed by atoms with E-state index in [2.05, 4.69) is 84.6 Å². The number of benzene rings is 3. The topological polar surface area (TPSA) is 46.1 Å². The molecule has 3 heterocycles. The number of hydrogen-bond donors (Lipinski definition) is 0. The molecule has 3 atom stereocenters. The zero-order valence-corrected chi connectivity index (χ0v) is 21.0. The average molecular weight is 484 g/mol. The molecular weight excluding hydrogens is 454 g/mol. The maximum atomic E-state index is 14.3. The molecule has 1 amide bonds. The summed E-state index contributed by atoms with van der Waals surface area (Å²) in [6.45, 7) is 3.92. The van der Waals surface area contributed by atoms with E-state index in [9.17, 15) is 4.79 Å². The number of likely N-dealkylation sites (tertiary alicyclic amines) is 1. The minimum absolute atomic E-state index is 0.0159. The van der Waals surface area contributed by atoms with E-state index in [-0.39, 0.29) is 23.7 Å². The molecule has 5 aromatic rings. The van der Waals surface area contributed by atoms with Gasteiger partial charge in [0.15, 0.2) is 0 Å². The normalized spacial score (nSPS) is 21.0. The lowest BCUT2D eigenvalue weighted by Crippen LogP contribution is -2.36. The van der Waals surface area contributed by atoms with Gasteiger partial charge in [0.2, 0.25) is 5.91 Å². The highest BCUT2D eigenvalue weighted by atomic mass is 16.2. The summed E-state index contributed by atoms with van der Waals surface area (Å²) in [5.74, 6) is -0.0297. The first-order chi connectivity index (χ1) is 18.2. The van der Waals surface area contributed by atoms with E-state index in [4.69, 9.17) is 9.97 Å². The number of pyridine rings is 2. The fourth-order valence-electron chi connectivity index (χ4n) is 6.51. The maximum absolute atomic E-state index is 14.3. The lowest BCUT2D eigenvalue weighted by molar-refractivity contribution is -0.133. The number of carbonyl (C=O) groups is 1. The molecule has 37 heavy (non-hydrogen) atoms. The van der Waals surface area contributed by atoms with Crippen LogP contribution in [0.25, 0.3) is 33.2 Å². The third-order valence-corrected chi connectivity index (χ3v) is 8.30. The summed E-state index contributed by atoms with van der Waals surface area (Å²) in [4.78, 5) is 26.8. The van der Waals surface area contributed by atoms with Crippen molar-refractivity contribution < 1.29 is 4.79 Å². The van der Waals surface area contributed by atoms with Gasteiger partial charge in [0.05, 0.1) is 28.3 Å². The number of amides is 1. The van der Waals surface area contributed by atoms with Crippen molar-refractivity contribution in [1.29, 1.82) is 0 Å². The Labute approximate surface area is 217 Å². The van der Waals surface area contributed by atoms with Gasteiger partial charge in [-0.3, -0.25) is 4.79 Å². The third-order valence-electron chi connectivity index (χ3n) is 8.30. The van der Waals surface area contributed by atoms with Gasteiger partial charge in [0.25, 0.3) is 0 Å². The van der Waals surface area contributed by atoms with Gasteiger partial charge in [-0.25, -0.2) is 9.97 Å². The van der Waals surface area contributed by atoms with Crippen LogP contribution >= 0.6 is 0 Å². The Morgan fingerprint density at radius 1 is 0.730 bits per heavy atom. The molecule has 1 aliphatic heterocycles. The molecule has 0 spiro atoms. The SMILES string of the molecule is C[C@@H]1[C@@H](c2ccccc2)c2cc3ccccc3nc2-c2nc3ccccc3cc2[C@H]1C(=O)N1CCCC1. The second kappa shape index (κ2) is 8.81. The van der Waals surface area contributed by atoms with Gasteiger partial charge in [-0.05, 0) is 59.7 Å². The largest absolute Gasteiger partial charge is 0.342 e. The highest BCUT2D eigenvalue weighted by Gasteiger charge is 2.42. The van der Waals surface area contributed by atoms with E-state index in [1.165, 1.54) is 5.56 Å². The second-order valence-corrected chi connectivity index (χ2v) is 10.5. The van der Waals surface area contributed by atoms with Crippen LogP contribution in [0.3, 0.4) is 0 Å². The number of nitrogens with zero attached hydrogens (tertiary/aromatic N) is 3. The van der Waals surface area contributed by atoms with Crippen LogP contribution in [0.2, 0.25) is 0 Å². The zero-order valence-electron chi connectivity index (χ0n) is 21.0. The number of para-hydroxylation sites is 2. The van der Waals surface area contributed by atoms with Crippen molar-refractivity contribution in [2.45, 2.75) is 31.6 Å². The van der Waals surface area contributed by atoms with Crippen molar-refractivity contribution >= 4 is 27.7 Å². The minimum atomic E-state index is -0.298. The van der Waals surface area contributed by atoms with Gasteiger partial charge in [-0.2, -0.15) is 0 Å². The molecular formula is C33H29N3O. The summed E-state index contributed by atoms with van der Waals surface area (Å²) >= 11 is 0. The van der Waals surface area contributed by atoms with Crippen molar-refractivity contribution in [3.05, 3.63) is 108 Å². The molecule has 1 saturated heterocycles. The van der Waals surface area contributed by atoms with E-state index >= 15 is 0 Å². The molecule has 182 valence electrons. The predicted molar refractivity (Wildman–Crippen MR) is 148 cm³/mol. The van der Waals surface area contributed by atoms with E-state index in [1.54, 1.807) is 0 Å². The minimum Gasteiger partial charge on any atom is -0.342 e. The molecule has 0 radical (unpaired) electrons. The lowest BCUT2D eigenvalue weighted by Gasteiger charge is -2.32. The molecule has 7 rings (SSSR count). The Kier molecular flexibility index (Phi) is 5.28. The molecule has 0 N–H and O–H groups in total. The monoisotopic (exact) mass is 483 g/mol. The number of aromatic nitrogens is 2. The molecule has 2 aliphatic rings. The van der Waals surface area contributed by atoms with Gasteiger partial charge < -0.3 is 4.90 Å². The Bertz CT molecular complexity index is 1640. The first-order valence-corrected chi connectivity index (χ1v) is 13.3. The maximum Gasteiger partial charge on any atom is 0.230 e. The Balaban J connectivity index is 1.57. The van der Waals surface area contributed by atoms with Crippen molar-refractivity contribution in [2.75, 3.05) is 13.1 Å². The van der Waals surface area contributed by atoms with Crippen molar-refractivity contribution in [1.82, 2.24) is 14.9 Å². The third kappa shape index (κ3) is 3.62. The standard InChI is InChI=1S/C33H29N3O/c1-21-29(22-11-3-2-4-12-22)25-19-23-13-5-7-15-27(23)34-31(25)32-26(20-24-14-6-8-16-28(24)35-32)30(21)33(37)36-17-9-10-18-36/h2-8,11-16,19-21,29-30H,9-10,17-18H2,1H3/t21-,29+,30+/m1/s1. The molecule has 0 unspecified atom stereocenters. The van der Waals surface area contributed by atoms with Crippen LogP contribution in [0, 0.1) is 5.92 Å². The quantitative estimate of drug-likeness (QED) is 0.273. The molecule has 1 aliphatic carbocycles. The summed E-state index contributed by atoms with van der Waals surface area (Å²) in [5, 5.41) is 2.18. The van der Waals surface area contributed by atoms with E-state index in [0.717, 1.165) is 70.3 Å². The van der Waals surface area contributed by atoms with Crippen molar-refractivity contribution in [3.8, 4) is 11.4 Å². The van der Waals surface area contributed by atoms with Crippen molar-refractivity contribution in [3.63, 3.8) is 0 Å². The summed E-state index contributed by atoms with van der Waals surface area (Å²) in [6.07, 6.45) is 2.15. The first kappa shape index (κ1) is 22.2. The number of rotatable bonds is 2. The summed E-state index contributed by atoms with van der Waals surface area (Å²) < 4.78 is 0. The number of carbonyl (C=O) groups excluding carboxylic acids is 1. The summed E-state index contributed by atoms with van der Waals surface area (Å²) in [6, 6.07) is 31.6. The smallest absolute Gasteiger partial charge is 0.230 e. The molecule has 1 fully saturated rings. The van der Waals surface area contributed by atoms with Gasteiger partial charge in [-0.15, -0.1) is 0 Å². The highest BCUT2D eigenvalue weighted by molar-refractivity contribution is 5.93. The average Bonchev–Trinajstić information content (AvgIpc) is 3.46. The lowest BCUT2D eigenvalue weighted by atomic mass is 9.74. The van der Waals surface area contributed by atoms with E-state index in [0.29, 0.717) is 0 Å². The van der Waals surface area contributed by atoms with Gasteiger partial charge in [0.1, 0.15) is 0 Å². The predicted octanol–water partition coefficient (Wildman–Crippen LogP) is 6.94. The molecule has 4 nitrogen and oxygen atoms in total. The van der Waals surface area contributed by atoms with Gasteiger partial charge in [-0.1, -0.05) is 73.7 Å². The van der Waals surface area contributed by atoms with Crippen LogP contribution in [-0.4, -0.2) is 33.9 Å². The number of fused-ring (bicyclic) bond motifs is 5. The fraction of sp³-hybridized carbons (Fsp3) is 0.242. The Morgan fingerprint density at radius 2 is 1.27 bits per heavy atom. The van der Waals surface area contributed by atoms with Crippen LogP contribution in [0.4, 0.5) is 0 Å². The van der Waals surface area contributed by atoms with E-state index < -0.39 is 0 Å². The van der Waals surface area contributed by atoms with Crippen molar-refractivity contribution in [2.24, 2.45) is 5.92 Å². The van der Waals surface area contributed by atoms with Gasteiger partial charge >= 0.3 is 0 Å².